The van der Waals surface area contributed by atoms with Crippen molar-refractivity contribution < 1.29 is 8.83 Å². The maximum Gasteiger partial charge on any atom is 0.160 e. The zero-order chi connectivity index (χ0) is 14.4. The monoisotopic (exact) mass is 278 g/mol. The van der Waals surface area contributed by atoms with E-state index in [-0.39, 0.29) is 0 Å². The van der Waals surface area contributed by atoms with Crippen LogP contribution in [0.15, 0.2) is 57.8 Å². The van der Waals surface area contributed by atoms with Crippen LogP contribution in [0.1, 0.15) is 11.1 Å². The van der Waals surface area contributed by atoms with Crippen LogP contribution in [0.2, 0.25) is 0 Å². The Labute approximate surface area is 120 Å². The van der Waals surface area contributed by atoms with Crippen LogP contribution in [-0.4, -0.2) is 0 Å². The van der Waals surface area contributed by atoms with Crippen molar-refractivity contribution in [3.05, 3.63) is 60.1 Å². The van der Waals surface area contributed by atoms with Crippen molar-refractivity contribution >= 4 is 33.3 Å². The largest absolute Gasteiger partial charge is 0.472 e. The number of hydrogen-bond donors (Lipinski definition) is 2. The number of rotatable bonds is 2. The van der Waals surface area contributed by atoms with E-state index in [9.17, 15) is 0 Å². The van der Waals surface area contributed by atoms with Crippen molar-refractivity contribution in [2.75, 3.05) is 11.5 Å². The molecule has 21 heavy (non-hydrogen) atoms. The maximum absolute atomic E-state index is 6.37. The normalized spacial score (nSPS) is 11.4. The van der Waals surface area contributed by atoms with Gasteiger partial charge in [-0.05, 0) is 29.3 Å². The quantitative estimate of drug-likeness (QED) is 0.544. The van der Waals surface area contributed by atoms with Crippen LogP contribution >= 0.6 is 0 Å². The van der Waals surface area contributed by atoms with Gasteiger partial charge in [0.15, 0.2) is 5.58 Å². The Morgan fingerprint density at radius 2 is 1.90 bits per heavy atom. The van der Waals surface area contributed by atoms with E-state index in [0.29, 0.717) is 23.4 Å². The predicted molar refractivity (Wildman–Crippen MR) is 84.1 cm³/mol. The predicted octanol–water partition coefficient (Wildman–Crippen LogP) is 3.93. The number of nitrogen functional groups attached to an aromatic ring is 2. The van der Waals surface area contributed by atoms with Gasteiger partial charge in [-0.3, -0.25) is 0 Å². The SMILES string of the molecule is Nc1cc(Cc2ccoc2)c(N)c2c1oc1ccccc12. The fourth-order valence-electron chi connectivity index (χ4n) is 2.77. The van der Waals surface area contributed by atoms with Crippen molar-refractivity contribution in [1.82, 2.24) is 0 Å². The molecule has 2 heterocycles. The molecule has 0 atom stereocenters. The molecule has 0 saturated heterocycles. The van der Waals surface area contributed by atoms with Crippen molar-refractivity contribution in [2.45, 2.75) is 6.42 Å². The van der Waals surface area contributed by atoms with Crippen molar-refractivity contribution in [3.63, 3.8) is 0 Å². The molecule has 0 aliphatic carbocycles. The smallest absolute Gasteiger partial charge is 0.160 e. The van der Waals surface area contributed by atoms with Crippen LogP contribution in [0.4, 0.5) is 11.4 Å². The molecule has 2 aromatic heterocycles. The molecule has 0 fully saturated rings. The van der Waals surface area contributed by atoms with E-state index in [0.717, 1.165) is 27.5 Å². The highest BCUT2D eigenvalue weighted by atomic mass is 16.3. The number of anilines is 2. The molecule has 104 valence electrons. The highest BCUT2D eigenvalue weighted by Gasteiger charge is 2.16. The number of para-hydroxylation sites is 1. The van der Waals surface area contributed by atoms with Gasteiger partial charge in [0.25, 0.3) is 0 Å². The van der Waals surface area contributed by atoms with E-state index >= 15 is 0 Å². The summed E-state index contributed by atoms with van der Waals surface area (Å²) in [6.45, 7) is 0. The van der Waals surface area contributed by atoms with Crippen molar-refractivity contribution in [3.8, 4) is 0 Å². The molecule has 0 aliphatic rings. The van der Waals surface area contributed by atoms with Gasteiger partial charge in [0.1, 0.15) is 5.58 Å². The number of fused-ring (bicyclic) bond motifs is 3. The minimum Gasteiger partial charge on any atom is -0.472 e. The second-order valence-electron chi connectivity index (χ2n) is 5.15. The molecule has 0 amide bonds. The van der Waals surface area contributed by atoms with Gasteiger partial charge in [-0.1, -0.05) is 18.2 Å². The summed E-state index contributed by atoms with van der Waals surface area (Å²) >= 11 is 0. The van der Waals surface area contributed by atoms with Crippen LogP contribution in [0.5, 0.6) is 0 Å². The molecule has 4 N–H and O–H groups in total. The zero-order valence-corrected chi connectivity index (χ0v) is 11.3. The van der Waals surface area contributed by atoms with Gasteiger partial charge in [0.2, 0.25) is 0 Å². The summed E-state index contributed by atoms with van der Waals surface area (Å²) in [5.74, 6) is 0. The summed E-state index contributed by atoms with van der Waals surface area (Å²) in [5.41, 5.74) is 17.3. The summed E-state index contributed by atoms with van der Waals surface area (Å²) in [6.07, 6.45) is 4.05. The first-order valence-electron chi connectivity index (χ1n) is 6.73. The number of hydrogen-bond acceptors (Lipinski definition) is 4. The van der Waals surface area contributed by atoms with Crippen LogP contribution in [0.25, 0.3) is 21.9 Å². The Kier molecular flexibility index (Phi) is 2.44. The van der Waals surface area contributed by atoms with Crippen molar-refractivity contribution in [2.24, 2.45) is 0 Å². The Morgan fingerprint density at radius 3 is 2.71 bits per heavy atom. The van der Waals surface area contributed by atoms with E-state index in [1.807, 2.05) is 36.4 Å². The Bertz CT molecular complexity index is 936. The van der Waals surface area contributed by atoms with Gasteiger partial charge in [0.05, 0.1) is 23.6 Å². The summed E-state index contributed by atoms with van der Waals surface area (Å²) in [6, 6.07) is 11.6. The number of nitrogens with two attached hydrogens (primary N) is 2. The van der Waals surface area contributed by atoms with Gasteiger partial charge in [0, 0.05) is 17.5 Å². The van der Waals surface area contributed by atoms with Crippen LogP contribution in [-0.2, 0) is 6.42 Å². The lowest BCUT2D eigenvalue weighted by Gasteiger charge is -2.07. The fourth-order valence-corrected chi connectivity index (χ4v) is 2.77. The lowest BCUT2D eigenvalue weighted by Crippen LogP contribution is -1.98. The van der Waals surface area contributed by atoms with Gasteiger partial charge in [-0.15, -0.1) is 0 Å². The Morgan fingerprint density at radius 1 is 1.05 bits per heavy atom. The molecule has 0 aliphatic heterocycles. The van der Waals surface area contributed by atoms with E-state index < -0.39 is 0 Å². The average molecular weight is 278 g/mol. The molecule has 4 aromatic rings. The number of furan rings is 2. The first-order valence-corrected chi connectivity index (χ1v) is 6.73. The summed E-state index contributed by atoms with van der Waals surface area (Å²) < 4.78 is 10.9. The molecule has 4 rings (SSSR count). The molecule has 2 aromatic carbocycles. The Balaban J connectivity index is 2.01. The third-order valence-corrected chi connectivity index (χ3v) is 3.78. The molecule has 0 unspecified atom stereocenters. The second kappa shape index (κ2) is 4.31. The first kappa shape index (κ1) is 11.9. The minimum atomic E-state index is 0.605. The number of benzene rings is 2. The molecule has 0 saturated carbocycles. The molecule has 0 spiro atoms. The van der Waals surface area contributed by atoms with E-state index in [4.69, 9.17) is 20.3 Å². The summed E-state index contributed by atoms with van der Waals surface area (Å²) in [7, 11) is 0. The molecule has 0 bridgehead atoms. The molecular formula is C17H14N2O2. The van der Waals surface area contributed by atoms with E-state index in [2.05, 4.69) is 0 Å². The van der Waals surface area contributed by atoms with Gasteiger partial charge in [-0.25, -0.2) is 0 Å². The molecule has 4 heteroatoms. The minimum absolute atomic E-state index is 0.605. The first-order chi connectivity index (χ1) is 10.2. The van der Waals surface area contributed by atoms with Gasteiger partial charge in [-0.2, -0.15) is 0 Å². The van der Waals surface area contributed by atoms with Crippen LogP contribution < -0.4 is 11.5 Å². The lowest BCUT2D eigenvalue weighted by molar-refractivity contribution is 0.564. The highest BCUT2D eigenvalue weighted by Crippen LogP contribution is 2.38. The topological polar surface area (TPSA) is 78.3 Å². The van der Waals surface area contributed by atoms with Crippen LogP contribution in [0.3, 0.4) is 0 Å². The Hall–Kier alpha value is -2.88. The van der Waals surface area contributed by atoms with E-state index in [1.165, 1.54) is 0 Å². The zero-order valence-electron chi connectivity index (χ0n) is 11.3. The fraction of sp³-hybridized carbons (Fsp3) is 0.0588. The maximum atomic E-state index is 6.37. The van der Waals surface area contributed by atoms with Gasteiger partial charge >= 0.3 is 0 Å². The summed E-state index contributed by atoms with van der Waals surface area (Å²) in [4.78, 5) is 0. The van der Waals surface area contributed by atoms with Crippen LogP contribution in [0, 0.1) is 0 Å². The molecular weight excluding hydrogens is 264 g/mol. The summed E-state index contributed by atoms with van der Waals surface area (Å²) in [5, 5.41) is 1.88. The molecule has 4 nitrogen and oxygen atoms in total. The molecule has 0 radical (unpaired) electrons. The van der Waals surface area contributed by atoms with Gasteiger partial charge < -0.3 is 20.3 Å². The third kappa shape index (κ3) is 1.76. The van der Waals surface area contributed by atoms with E-state index in [1.54, 1.807) is 12.5 Å². The standard InChI is InChI=1S/C17H14N2O2/c18-13-8-11(7-10-5-6-20-9-10)16(19)15-12-3-1-2-4-14(12)21-17(13)15/h1-6,8-9H,7,18-19H2. The third-order valence-electron chi connectivity index (χ3n) is 3.78. The highest BCUT2D eigenvalue weighted by molar-refractivity contribution is 6.14. The second-order valence-corrected chi connectivity index (χ2v) is 5.15. The lowest BCUT2D eigenvalue weighted by atomic mass is 10.0. The van der Waals surface area contributed by atoms with Crippen molar-refractivity contribution in [1.29, 1.82) is 0 Å². The average Bonchev–Trinajstić information content (AvgIpc) is 3.11.